The molecule has 9 nitrogen and oxygen atoms in total. The van der Waals surface area contributed by atoms with Crippen molar-refractivity contribution >= 4 is 17.5 Å². The van der Waals surface area contributed by atoms with Crippen molar-refractivity contribution in [1.29, 1.82) is 0 Å². The van der Waals surface area contributed by atoms with E-state index in [0.717, 1.165) is 12.1 Å². The van der Waals surface area contributed by atoms with Crippen LogP contribution in [0.4, 0.5) is 27.6 Å². The first-order valence-corrected chi connectivity index (χ1v) is 12.5. The van der Waals surface area contributed by atoms with E-state index in [1.165, 1.54) is 55.9 Å². The predicted molar refractivity (Wildman–Crippen MR) is 142 cm³/mol. The van der Waals surface area contributed by atoms with Crippen molar-refractivity contribution in [3.63, 3.8) is 0 Å². The molecule has 1 atom stereocenters. The van der Waals surface area contributed by atoms with Crippen LogP contribution in [0.25, 0.3) is 11.1 Å². The highest BCUT2D eigenvalue weighted by molar-refractivity contribution is 6.09. The van der Waals surface area contributed by atoms with Crippen molar-refractivity contribution < 1.29 is 45.8 Å². The van der Waals surface area contributed by atoms with Crippen LogP contribution in [-0.2, 0) is 0 Å². The van der Waals surface area contributed by atoms with Gasteiger partial charge < -0.3 is 25.3 Å². The molecule has 1 saturated carbocycles. The molecule has 2 aromatic carbocycles. The summed E-state index contributed by atoms with van der Waals surface area (Å²) in [6.45, 7) is 0. The SMILES string of the molecule is COc1cc(OC(F)(F)F)ccc1Oc1ccc(-c2cc(C3CC3(F)F)ncc2C(=O)Nc2ccnc(C(N)=O)c2)cc1. The number of nitrogens with one attached hydrogen (secondary N) is 1. The number of hydrogen-bond donors (Lipinski definition) is 2. The third-order valence-electron chi connectivity index (χ3n) is 6.38. The fourth-order valence-electron chi connectivity index (χ4n) is 4.22. The quantitative estimate of drug-likeness (QED) is 0.216. The van der Waals surface area contributed by atoms with E-state index in [1.54, 1.807) is 12.1 Å². The van der Waals surface area contributed by atoms with Gasteiger partial charge in [0.2, 0.25) is 0 Å². The Morgan fingerprint density at radius 2 is 1.67 bits per heavy atom. The second kappa shape index (κ2) is 11.2. The van der Waals surface area contributed by atoms with Gasteiger partial charge in [0.05, 0.1) is 24.3 Å². The number of aromatic nitrogens is 2. The van der Waals surface area contributed by atoms with Gasteiger partial charge in [0.15, 0.2) is 11.5 Å². The van der Waals surface area contributed by atoms with Crippen molar-refractivity contribution in [2.45, 2.75) is 24.6 Å². The van der Waals surface area contributed by atoms with Gasteiger partial charge in [-0.1, -0.05) is 12.1 Å². The Bertz CT molecular complexity index is 1700. The van der Waals surface area contributed by atoms with Crippen LogP contribution >= 0.6 is 0 Å². The molecule has 2 aromatic heterocycles. The third kappa shape index (κ3) is 6.80. The number of nitrogens with zero attached hydrogens (tertiary/aromatic N) is 2. The highest BCUT2D eigenvalue weighted by atomic mass is 19.4. The predicted octanol–water partition coefficient (Wildman–Crippen LogP) is 6.32. The summed E-state index contributed by atoms with van der Waals surface area (Å²) in [5.74, 6) is -5.57. The number of amides is 2. The molecule has 3 N–H and O–H groups in total. The topological polar surface area (TPSA) is 126 Å². The number of hydrogen-bond acceptors (Lipinski definition) is 7. The molecule has 0 saturated heterocycles. The van der Waals surface area contributed by atoms with Crippen LogP contribution in [0.3, 0.4) is 0 Å². The lowest BCUT2D eigenvalue weighted by atomic mass is 9.99. The first-order chi connectivity index (χ1) is 20.3. The molecular weight excluding hydrogens is 579 g/mol. The van der Waals surface area contributed by atoms with Gasteiger partial charge in [-0.05, 0) is 53.6 Å². The molecule has 0 bridgehead atoms. The van der Waals surface area contributed by atoms with Crippen molar-refractivity contribution in [1.82, 2.24) is 9.97 Å². The first-order valence-electron chi connectivity index (χ1n) is 12.5. The van der Waals surface area contributed by atoms with Crippen molar-refractivity contribution in [3.8, 4) is 34.1 Å². The zero-order valence-electron chi connectivity index (χ0n) is 22.1. The molecule has 43 heavy (non-hydrogen) atoms. The maximum atomic E-state index is 13.8. The van der Waals surface area contributed by atoms with Gasteiger partial charge in [-0.3, -0.25) is 19.6 Å². The molecule has 1 aliphatic rings. The van der Waals surface area contributed by atoms with Gasteiger partial charge in [-0.25, -0.2) is 8.78 Å². The zero-order valence-corrected chi connectivity index (χ0v) is 22.1. The average Bonchev–Trinajstić information content (AvgIpc) is 3.61. The summed E-state index contributed by atoms with van der Waals surface area (Å²) in [7, 11) is 1.25. The lowest BCUT2D eigenvalue weighted by molar-refractivity contribution is -0.274. The summed E-state index contributed by atoms with van der Waals surface area (Å²) in [5.41, 5.74) is 6.33. The van der Waals surface area contributed by atoms with Gasteiger partial charge in [0, 0.05) is 30.6 Å². The number of rotatable bonds is 9. The molecule has 0 aliphatic heterocycles. The minimum Gasteiger partial charge on any atom is -0.493 e. The Balaban J connectivity index is 1.43. The number of carbonyl (C=O) groups is 2. The summed E-state index contributed by atoms with van der Waals surface area (Å²) in [5, 5.41) is 2.63. The van der Waals surface area contributed by atoms with Crippen LogP contribution in [-0.4, -0.2) is 41.2 Å². The summed E-state index contributed by atoms with van der Waals surface area (Å²) < 4.78 is 80.2. The van der Waals surface area contributed by atoms with Crippen LogP contribution < -0.4 is 25.3 Å². The van der Waals surface area contributed by atoms with E-state index >= 15 is 0 Å². The number of carbonyl (C=O) groups excluding carboxylic acids is 2. The largest absolute Gasteiger partial charge is 0.573 e. The van der Waals surface area contributed by atoms with Gasteiger partial charge >= 0.3 is 6.36 Å². The van der Waals surface area contributed by atoms with E-state index < -0.39 is 35.8 Å². The molecule has 5 rings (SSSR count). The standard InChI is InChI=1S/C29H21F5N4O5/c1-41-25-11-18(43-29(32,33)34)6-7-24(25)42-17-4-2-15(3-5-17)19-12-22(21-13-28(21,30)31)37-14-20(19)27(40)38-16-8-9-36-23(10-16)26(35)39/h2-12,14,21H,13H2,1H3,(H2,35,39)(H,36,38,40). The Hall–Kier alpha value is -5.27. The molecule has 1 unspecified atom stereocenters. The maximum absolute atomic E-state index is 13.8. The fraction of sp³-hybridized carbons (Fsp3) is 0.172. The lowest BCUT2D eigenvalue weighted by Gasteiger charge is -2.15. The van der Waals surface area contributed by atoms with Crippen LogP contribution in [0.1, 0.15) is 38.9 Å². The Labute approximate surface area is 240 Å². The van der Waals surface area contributed by atoms with E-state index in [1.807, 2.05) is 0 Å². The number of anilines is 1. The summed E-state index contributed by atoms with van der Waals surface area (Å²) in [6.07, 6.45) is -2.76. The number of nitrogens with two attached hydrogens (primary N) is 1. The monoisotopic (exact) mass is 600 g/mol. The maximum Gasteiger partial charge on any atom is 0.573 e. The van der Waals surface area contributed by atoms with E-state index in [0.29, 0.717) is 11.1 Å². The molecule has 1 fully saturated rings. The van der Waals surface area contributed by atoms with E-state index in [9.17, 15) is 31.5 Å². The molecule has 4 aromatic rings. The van der Waals surface area contributed by atoms with Crippen molar-refractivity contribution in [3.05, 3.63) is 90.0 Å². The minimum atomic E-state index is -4.88. The number of pyridine rings is 2. The van der Waals surface area contributed by atoms with Crippen molar-refractivity contribution in [2.24, 2.45) is 5.73 Å². The summed E-state index contributed by atoms with van der Waals surface area (Å²) in [6, 6.07) is 13.6. The van der Waals surface area contributed by atoms with E-state index in [2.05, 4.69) is 20.0 Å². The average molecular weight is 601 g/mol. The normalized spacial score (nSPS) is 15.3. The Morgan fingerprint density at radius 1 is 0.977 bits per heavy atom. The molecule has 2 heterocycles. The number of halogens is 5. The number of benzene rings is 2. The molecule has 0 spiro atoms. The number of alkyl halides is 5. The Kier molecular flexibility index (Phi) is 7.61. The number of methoxy groups -OCH3 is 1. The van der Waals surface area contributed by atoms with E-state index in [4.69, 9.17) is 15.2 Å². The van der Waals surface area contributed by atoms with Gasteiger partial charge in [0.1, 0.15) is 17.2 Å². The highest BCUT2D eigenvalue weighted by Crippen LogP contribution is 2.55. The molecule has 222 valence electrons. The smallest absolute Gasteiger partial charge is 0.493 e. The second-order valence-electron chi connectivity index (χ2n) is 9.41. The lowest BCUT2D eigenvalue weighted by Crippen LogP contribution is -2.17. The first kappa shape index (κ1) is 29.2. The Morgan fingerprint density at radius 3 is 2.30 bits per heavy atom. The van der Waals surface area contributed by atoms with Crippen LogP contribution in [0.5, 0.6) is 23.0 Å². The van der Waals surface area contributed by atoms with E-state index in [-0.39, 0.29) is 46.3 Å². The van der Waals surface area contributed by atoms with Gasteiger partial charge in [0.25, 0.3) is 17.7 Å². The molecule has 0 radical (unpaired) electrons. The van der Waals surface area contributed by atoms with Crippen LogP contribution in [0.15, 0.2) is 73.1 Å². The molecule has 1 aliphatic carbocycles. The zero-order chi connectivity index (χ0) is 30.9. The minimum absolute atomic E-state index is 0.0236. The van der Waals surface area contributed by atoms with Crippen molar-refractivity contribution in [2.75, 3.05) is 12.4 Å². The van der Waals surface area contributed by atoms with Gasteiger partial charge in [-0.15, -0.1) is 13.2 Å². The van der Waals surface area contributed by atoms with Gasteiger partial charge in [-0.2, -0.15) is 0 Å². The molecule has 14 heteroatoms. The second-order valence-corrected chi connectivity index (χ2v) is 9.41. The molecule has 2 amide bonds. The van der Waals surface area contributed by atoms with Crippen LogP contribution in [0, 0.1) is 0 Å². The van der Waals surface area contributed by atoms with Crippen LogP contribution in [0.2, 0.25) is 0 Å². The summed E-state index contributed by atoms with van der Waals surface area (Å²) in [4.78, 5) is 32.6. The fourth-order valence-corrected chi connectivity index (χ4v) is 4.22. The summed E-state index contributed by atoms with van der Waals surface area (Å²) >= 11 is 0. The highest BCUT2D eigenvalue weighted by Gasteiger charge is 2.58. The number of primary amides is 1. The number of ether oxygens (including phenoxy) is 3. The third-order valence-corrected chi connectivity index (χ3v) is 6.38. The molecular formula is C29H21F5N4O5.